The van der Waals surface area contributed by atoms with Crippen molar-refractivity contribution in [1.29, 1.82) is 0 Å². The second-order valence-electron chi connectivity index (χ2n) is 7.29. The molecule has 0 unspecified atom stereocenters. The minimum absolute atomic E-state index is 0.0740. The SMILES string of the molecule is Cc1ncc(S)c(-c2ccc(S(=O)(=O)Nc3cccc(C(=O)Nc4ccc(C(=O)O)cc4)c3)s2)n1. The molecule has 4 aromatic rings. The molecule has 0 spiro atoms. The van der Waals surface area contributed by atoms with Gasteiger partial charge in [-0.15, -0.1) is 24.0 Å². The third kappa shape index (κ3) is 5.67. The van der Waals surface area contributed by atoms with Gasteiger partial charge in [-0.25, -0.2) is 23.2 Å². The van der Waals surface area contributed by atoms with Gasteiger partial charge in [0.1, 0.15) is 10.0 Å². The van der Waals surface area contributed by atoms with E-state index in [2.05, 4.69) is 32.6 Å². The lowest BCUT2D eigenvalue weighted by Gasteiger charge is -2.09. The first-order valence-electron chi connectivity index (χ1n) is 10.0. The Balaban J connectivity index is 1.51. The summed E-state index contributed by atoms with van der Waals surface area (Å²) in [5, 5.41) is 11.6. The largest absolute Gasteiger partial charge is 0.478 e. The summed E-state index contributed by atoms with van der Waals surface area (Å²) in [5.41, 5.74) is 1.47. The van der Waals surface area contributed by atoms with Gasteiger partial charge in [-0.2, -0.15) is 0 Å². The van der Waals surface area contributed by atoms with Crippen LogP contribution in [0, 0.1) is 6.92 Å². The first-order valence-corrected chi connectivity index (χ1v) is 12.8. The zero-order valence-corrected chi connectivity index (χ0v) is 20.6. The number of hydrogen-bond donors (Lipinski definition) is 4. The van der Waals surface area contributed by atoms with Crippen molar-refractivity contribution in [3.05, 3.63) is 83.8 Å². The highest BCUT2D eigenvalue weighted by Crippen LogP contribution is 2.33. The van der Waals surface area contributed by atoms with E-state index in [0.717, 1.165) is 11.3 Å². The molecule has 2 heterocycles. The quantitative estimate of drug-likeness (QED) is 0.259. The maximum Gasteiger partial charge on any atom is 0.335 e. The highest BCUT2D eigenvalue weighted by molar-refractivity contribution is 7.94. The fourth-order valence-corrected chi connectivity index (χ4v) is 5.73. The second kappa shape index (κ2) is 9.86. The lowest BCUT2D eigenvalue weighted by Crippen LogP contribution is -2.14. The number of aryl methyl sites for hydroxylation is 1. The molecule has 0 aliphatic heterocycles. The zero-order valence-electron chi connectivity index (χ0n) is 18.1. The van der Waals surface area contributed by atoms with Crippen LogP contribution in [-0.2, 0) is 10.0 Å². The molecule has 0 aliphatic rings. The van der Waals surface area contributed by atoms with E-state index in [1.807, 2.05) is 0 Å². The number of rotatable bonds is 7. The zero-order chi connectivity index (χ0) is 25.2. The number of thiophene rings is 1. The van der Waals surface area contributed by atoms with Crippen LogP contribution in [0.2, 0.25) is 0 Å². The van der Waals surface area contributed by atoms with Gasteiger partial charge in [0, 0.05) is 28.0 Å². The molecule has 0 saturated heterocycles. The number of amides is 1. The standard InChI is InChI=1S/C23H18N4O5S3/c1-13-24-12-18(33)21(25-13)19-9-10-20(34-19)35(31,32)27-17-4-2-3-15(11-17)22(28)26-16-7-5-14(6-8-16)23(29)30/h2-12,27,33H,1H3,(H,26,28)(H,29,30). The summed E-state index contributed by atoms with van der Waals surface area (Å²) in [6.45, 7) is 1.73. The predicted octanol–water partition coefficient (Wildman–Crippen LogP) is 4.55. The van der Waals surface area contributed by atoms with Gasteiger partial charge in [-0.1, -0.05) is 6.07 Å². The Morgan fingerprint density at radius 2 is 1.74 bits per heavy atom. The average molecular weight is 527 g/mol. The summed E-state index contributed by atoms with van der Waals surface area (Å²) in [6, 6.07) is 14.8. The number of thiol groups is 1. The van der Waals surface area contributed by atoms with E-state index in [4.69, 9.17) is 5.11 Å². The van der Waals surface area contributed by atoms with E-state index in [1.165, 1.54) is 48.5 Å². The highest BCUT2D eigenvalue weighted by Gasteiger charge is 2.20. The maximum atomic E-state index is 13.0. The second-order valence-corrected chi connectivity index (χ2v) is 10.8. The molecule has 0 bridgehead atoms. The number of nitrogens with zero attached hydrogens (tertiary/aromatic N) is 2. The van der Waals surface area contributed by atoms with E-state index in [-0.39, 0.29) is 21.0 Å². The number of carbonyl (C=O) groups is 2. The molecule has 12 heteroatoms. The predicted molar refractivity (Wildman–Crippen MR) is 136 cm³/mol. The van der Waals surface area contributed by atoms with E-state index >= 15 is 0 Å². The topological polar surface area (TPSA) is 138 Å². The van der Waals surface area contributed by atoms with Crippen molar-refractivity contribution < 1.29 is 23.1 Å². The van der Waals surface area contributed by atoms with Crippen LogP contribution in [0.5, 0.6) is 0 Å². The van der Waals surface area contributed by atoms with Crippen LogP contribution in [-0.4, -0.2) is 35.4 Å². The van der Waals surface area contributed by atoms with Crippen LogP contribution in [0.1, 0.15) is 26.5 Å². The minimum atomic E-state index is -3.92. The summed E-state index contributed by atoms with van der Waals surface area (Å²) < 4.78 is 28.5. The van der Waals surface area contributed by atoms with Crippen molar-refractivity contribution in [3.63, 3.8) is 0 Å². The Morgan fingerprint density at radius 1 is 1.00 bits per heavy atom. The molecule has 9 nitrogen and oxygen atoms in total. The molecular formula is C23H18N4O5S3. The molecule has 0 saturated carbocycles. The monoisotopic (exact) mass is 526 g/mol. The van der Waals surface area contributed by atoms with E-state index in [1.54, 1.807) is 25.3 Å². The number of sulfonamides is 1. The third-order valence-electron chi connectivity index (χ3n) is 4.74. The van der Waals surface area contributed by atoms with Crippen molar-refractivity contribution in [2.24, 2.45) is 0 Å². The summed E-state index contributed by atoms with van der Waals surface area (Å²) in [5.74, 6) is -1.01. The molecule has 4 rings (SSSR count). The molecule has 2 aromatic carbocycles. The summed E-state index contributed by atoms with van der Waals surface area (Å²) in [7, 11) is -3.92. The lowest BCUT2D eigenvalue weighted by atomic mass is 10.1. The third-order valence-corrected chi connectivity index (χ3v) is 8.03. The van der Waals surface area contributed by atoms with Crippen LogP contribution in [0.4, 0.5) is 11.4 Å². The number of aromatic carboxylic acids is 1. The molecule has 0 aliphatic carbocycles. The van der Waals surface area contributed by atoms with Gasteiger partial charge in [0.05, 0.1) is 16.1 Å². The van der Waals surface area contributed by atoms with Gasteiger partial charge in [-0.05, 0) is 61.5 Å². The van der Waals surface area contributed by atoms with Gasteiger partial charge in [0.25, 0.3) is 15.9 Å². The Hall–Kier alpha value is -3.74. The lowest BCUT2D eigenvalue weighted by molar-refractivity contribution is 0.0696. The molecule has 0 atom stereocenters. The average Bonchev–Trinajstić information content (AvgIpc) is 3.32. The Bertz CT molecular complexity index is 1530. The van der Waals surface area contributed by atoms with Crippen molar-refractivity contribution >= 4 is 57.2 Å². The Morgan fingerprint density at radius 3 is 2.46 bits per heavy atom. The number of nitrogens with one attached hydrogen (secondary N) is 2. The fraction of sp³-hybridized carbons (Fsp3) is 0.0435. The van der Waals surface area contributed by atoms with Crippen LogP contribution < -0.4 is 10.0 Å². The summed E-state index contributed by atoms with van der Waals surface area (Å²) in [4.78, 5) is 33.1. The van der Waals surface area contributed by atoms with Crippen molar-refractivity contribution in [1.82, 2.24) is 9.97 Å². The Kier molecular flexibility index (Phi) is 6.87. The molecule has 178 valence electrons. The van der Waals surface area contributed by atoms with Crippen molar-refractivity contribution in [3.8, 4) is 10.6 Å². The molecule has 0 fully saturated rings. The molecule has 0 radical (unpaired) electrons. The van der Waals surface area contributed by atoms with Crippen LogP contribution in [0.15, 0.2) is 76.0 Å². The minimum Gasteiger partial charge on any atom is -0.478 e. The number of benzene rings is 2. The Labute approximate surface area is 210 Å². The highest BCUT2D eigenvalue weighted by atomic mass is 32.2. The maximum absolute atomic E-state index is 13.0. The molecular weight excluding hydrogens is 508 g/mol. The normalized spacial score (nSPS) is 11.1. The van der Waals surface area contributed by atoms with E-state index in [0.29, 0.717) is 27.0 Å². The van der Waals surface area contributed by atoms with Gasteiger partial charge >= 0.3 is 5.97 Å². The van der Waals surface area contributed by atoms with Gasteiger partial charge in [-0.3, -0.25) is 9.52 Å². The fourth-order valence-electron chi connectivity index (χ4n) is 3.07. The summed E-state index contributed by atoms with van der Waals surface area (Å²) in [6.07, 6.45) is 1.56. The molecule has 35 heavy (non-hydrogen) atoms. The number of carboxylic acid groups (broad SMARTS) is 1. The molecule has 2 aromatic heterocycles. The number of carboxylic acids is 1. The molecule has 3 N–H and O–H groups in total. The number of carbonyl (C=O) groups excluding carboxylic acids is 1. The number of anilines is 2. The van der Waals surface area contributed by atoms with Crippen LogP contribution >= 0.6 is 24.0 Å². The molecule has 1 amide bonds. The van der Waals surface area contributed by atoms with Gasteiger partial charge in [0.2, 0.25) is 0 Å². The van der Waals surface area contributed by atoms with E-state index < -0.39 is 21.9 Å². The first-order chi connectivity index (χ1) is 16.6. The first kappa shape index (κ1) is 24.4. The smallest absolute Gasteiger partial charge is 0.335 e. The summed E-state index contributed by atoms with van der Waals surface area (Å²) >= 11 is 5.39. The number of aromatic nitrogens is 2. The van der Waals surface area contributed by atoms with Crippen LogP contribution in [0.3, 0.4) is 0 Å². The van der Waals surface area contributed by atoms with Gasteiger partial charge in [0.15, 0.2) is 0 Å². The number of hydrogen-bond acceptors (Lipinski definition) is 8. The van der Waals surface area contributed by atoms with Crippen LogP contribution in [0.25, 0.3) is 10.6 Å². The van der Waals surface area contributed by atoms with Crippen molar-refractivity contribution in [2.45, 2.75) is 16.0 Å². The van der Waals surface area contributed by atoms with Crippen molar-refractivity contribution in [2.75, 3.05) is 10.0 Å². The van der Waals surface area contributed by atoms with Gasteiger partial charge < -0.3 is 10.4 Å². The van der Waals surface area contributed by atoms with E-state index in [9.17, 15) is 18.0 Å².